The van der Waals surface area contributed by atoms with Gasteiger partial charge in [0.2, 0.25) is 17.6 Å². The van der Waals surface area contributed by atoms with Gasteiger partial charge < -0.3 is 25.6 Å². The van der Waals surface area contributed by atoms with Crippen LogP contribution in [0.1, 0.15) is 52.9 Å². The second-order valence-corrected chi connectivity index (χ2v) is 10.2. The van der Waals surface area contributed by atoms with E-state index < -0.39 is 41.2 Å². The van der Waals surface area contributed by atoms with Crippen molar-refractivity contribution in [2.45, 2.75) is 37.1 Å². The molecule has 3 aromatic rings. The van der Waals surface area contributed by atoms with Gasteiger partial charge in [0.25, 0.3) is 5.56 Å². The van der Waals surface area contributed by atoms with E-state index in [1.165, 1.54) is 33.7 Å². The van der Waals surface area contributed by atoms with Crippen molar-refractivity contribution in [1.82, 2.24) is 19.8 Å². The van der Waals surface area contributed by atoms with Crippen molar-refractivity contribution in [3.63, 3.8) is 0 Å². The number of carboxylic acids is 1. The van der Waals surface area contributed by atoms with E-state index in [9.17, 15) is 24.0 Å². The van der Waals surface area contributed by atoms with Crippen LogP contribution in [0.2, 0.25) is 0 Å². The molecule has 1 saturated carbocycles. The fourth-order valence-electron chi connectivity index (χ4n) is 5.31. The minimum Gasteiger partial charge on any atom is -0.480 e. The number of aromatic nitrogens is 2. The predicted molar refractivity (Wildman–Crippen MR) is 151 cm³/mol. The number of hydrogen-bond acceptors (Lipinski definition) is 7. The molecular formula is C28H29ClN6O6. The average Bonchev–Trinajstić information content (AvgIpc) is 3.61. The van der Waals surface area contributed by atoms with Gasteiger partial charge in [-0.25, -0.2) is 4.98 Å². The summed E-state index contributed by atoms with van der Waals surface area (Å²) in [5, 5.41) is 18.8. The van der Waals surface area contributed by atoms with Crippen molar-refractivity contribution in [3.05, 3.63) is 75.2 Å². The Hall–Kier alpha value is -4.58. The highest BCUT2D eigenvalue weighted by Gasteiger charge is 2.55. The van der Waals surface area contributed by atoms with E-state index in [0.29, 0.717) is 54.4 Å². The van der Waals surface area contributed by atoms with Crippen LogP contribution in [-0.4, -0.2) is 68.1 Å². The Balaban J connectivity index is 0.00000387. The zero-order valence-corrected chi connectivity index (χ0v) is 23.0. The molecule has 0 bridgehead atoms. The zero-order valence-electron chi connectivity index (χ0n) is 22.2. The Bertz CT molecular complexity index is 1650. The molecule has 1 aliphatic carbocycles. The molecule has 2 aromatic carbocycles. The van der Waals surface area contributed by atoms with Gasteiger partial charge >= 0.3 is 5.97 Å². The first kappa shape index (κ1) is 29.4. The highest BCUT2D eigenvalue weighted by atomic mass is 35.5. The van der Waals surface area contributed by atoms with Gasteiger partial charge in [-0.1, -0.05) is 30.3 Å². The van der Waals surface area contributed by atoms with Crippen LogP contribution in [0.15, 0.2) is 47.3 Å². The fraction of sp³-hybridized carbons (Fsp3) is 0.321. The lowest BCUT2D eigenvalue weighted by Crippen LogP contribution is -2.50. The number of likely N-dealkylation sites (tertiary alicyclic amines) is 1. The maximum Gasteiger partial charge on any atom is 0.322 e. The van der Waals surface area contributed by atoms with E-state index in [0.717, 1.165) is 0 Å². The second-order valence-electron chi connectivity index (χ2n) is 10.2. The lowest BCUT2D eigenvalue weighted by molar-refractivity contribution is -0.142. The first-order chi connectivity index (χ1) is 19.0. The molecule has 1 aromatic heterocycles. The number of amidine groups is 1. The number of fused-ring (bicyclic) bond motifs is 1. The number of aryl methyl sites for hydroxylation is 1. The summed E-state index contributed by atoms with van der Waals surface area (Å²) >= 11 is 0. The number of rotatable bonds is 8. The van der Waals surface area contributed by atoms with E-state index in [4.69, 9.17) is 16.2 Å². The Labute approximate surface area is 240 Å². The summed E-state index contributed by atoms with van der Waals surface area (Å²) in [5.41, 5.74) is 6.01. The number of aliphatic carboxylic acids is 1. The van der Waals surface area contributed by atoms with Crippen LogP contribution < -0.4 is 16.6 Å². The topological polar surface area (TPSA) is 189 Å². The molecular weight excluding hydrogens is 552 g/mol. The van der Waals surface area contributed by atoms with E-state index >= 15 is 0 Å². The molecule has 0 spiro atoms. The van der Waals surface area contributed by atoms with E-state index in [2.05, 4.69) is 10.3 Å². The van der Waals surface area contributed by atoms with Crippen LogP contribution >= 0.6 is 12.4 Å². The van der Waals surface area contributed by atoms with Gasteiger partial charge in [-0.05, 0) is 43.4 Å². The van der Waals surface area contributed by atoms with Crippen LogP contribution in [0.5, 0.6) is 0 Å². The molecule has 5 rings (SSSR count). The van der Waals surface area contributed by atoms with Crippen LogP contribution in [0.4, 0.5) is 0 Å². The Morgan fingerprint density at radius 3 is 2.39 bits per heavy atom. The Morgan fingerprint density at radius 2 is 1.78 bits per heavy atom. The molecule has 2 heterocycles. The number of nitrogens with zero attached hydrogens (tertiary/aromatic N) is 3. The van der Waals surface area contributed by atoms with E-state index in [1.807, 2.05) is 0 Å². The largest absolute Gasteiger partial charge is 0.480 e. The summed E-state index contributed by atoms with van der Waals surface area (Å²) in [6.45, 7) is -0.118. The monoisotopic (exact) mass is 580 g/mol. The number of nitrogen functional groups attached to an aromatic ring is 1. The molecule has 41 heavy (non-hydrogen) atoms. The van der Waals surface area contributed by atoms with E-state index in [1.54, 1.807) is 25.2 Å². The summed E-state index contributed by atoms with van der Waals surface area (Å²) in [5.74, 6) is -2.57. The quantitative estimate of drug-likeness (QED) is 0.173. The lowest BCUT2D eigenvalue weighted by atomic mass is 9.93. The highest BCUT2D eigenvalue weighted by Crippen LogP contribution is 2.51. The summed E-state index contributed by atoms with van der Waals surface area (Å²) in [7, 11) is 1.55. The summed E-state index contributed by atoms with van der Waals surface area (Å²) in [4.78, 5) is 69.4. The number of ketones is 1. The molecule has 1 saturated heterocycles. The molecule has 1 atom stereocenters. The molecule has 5 N–H and O–H groups in total. The number of benzene rings is 2. The van der Waals surface area contributed by atoms with Crippen LogP contribution in [0.3, 0.4) is 0 Å². The number of carbonyl (C=O) groups excluding carboxylic acids is 3. The van der Waals surface area contributed by atoms with Gasteiger partial charge in [0, 0.05) is 24.7 Å². The summed E-state index contributed by atoms with van der Waals surface area (Å²) in [6, 6.07) is 10.5. The molecule has 0 radical (unpaired) electrons. The number of amides is 2. The molecule has 2 fully saturated rings. The molecule has 214 valence electrons. The van der Waals surface area contributed by atoms with Crippen LogP contribution in [0.25, 0.3) is 11.0 Å². The molecule has 1 unspecified atom stereocenters. The molecule has 1 aliphatic heterocycles. The normalized spacial score (nSPS) is 17.0. The second kappa shape index (κ2) is 11.1. The minimum atomic E-state index is -1.16. The van der Waals surface area contributed by atoms with Crippen molar-refractivity contribution >= 4 is 52.8 Å². The van der Waals surface area contributed by atoms with Gasteiger partial charge in [-0.15, -0.1) is 12.4 Å². The maximum atomic E-state index is 13.8. The first-order valence-corrected chi connectivity index (χ1v) is 12.8. The van der Waals surface area contributed by atoms with Crippen LogP contribution in [0, 0.1) is 5.41 Å². The van der Waals surface area contributed by atoms with E-state index in [-0.39, 0.29) is 35.4 Å². The molecule has 2 amide bonds. The van der Waals surface area contributed by atoms with Gasteiger partial charge in [0.05, 0.1) is 16.4 Å². The van der Waals surface area contributed by atoms with Crippen molar-refractivity contribution in [3.8, 4) is 0 Å². The lowest BCUT2D eigenvalue weighted by Gasteiger charge is -2.28. The smallest absolute Gasteiger partial charge is 0.322 e. The van der Waals surface area contributed by atoms with Crippen LogP contribution in [-0.2, 0) is 26.8 Å². The Kier molecular flexibility index (Phi) is 7.98. The maximum absolute atomic E-state index is 13.8. The number of nitrogens with one attached hydrogen (secondary N) is 2. The highest BCUT2D eigenvalue weighted by molar-refractivity contribution is 6.09. The third kappa shape index (κ3) is 5.30. The summed E-state index contributed by atoms with van der Waals surface area (Å²) < 4.78 is 1.34. The Morgan fingerprint density at radius 1 is 1.12 bits per heavy atom. The third-order valence-corrected chi connectivity index (χ3v) is 7.69. The van der Waals surface area contributed by atoms with Gasteiger partial charge in [-0.3, -0.25) is 29.4 Å². The third-order valence-electron chi connectivity index (χ3n) is 7.69. The fourth-order valence-corrected chi connectivity index (χ4v) is 5.31. The molecule has 12 nitrogen and oxygen atoms in total. The standard InChI is InChI=1S/C28H28N6O6.ClH/c1-33-19-9-8-17(28(10-11-28)27(40)34-12-2-3-20(34)25(38)31-14-21(35)36)13-18(19)32-22(26(33)39)23(37)15-4-6-16(7-5-15)24(29)30;/h4-9,13,20H,2-3,10-12,14H2,1H3,(H3,29,30)(H,31,38)(H,35,36);1H. The van der Waals surface area contributed by atoms with Crippen molar-refractivity contribution < 1.29 is 24.3 Å². The van der Waals surface area contributed by atoms with Crippen molar-refractivity contribution in [2.75, 3.05) is 13.1 Å². The van der Waals surface area contributed by atoms with Gasteiger partial charge in [0.15, 0.2) is 5.69 Å². The van der Waals surface area contributed by atoms with Crippen molar-refractivity contribution in [2.24, 2.45) is 12.8 Å². The van der Waals surface area contributed by atoms with Gasteiger partial charge in [0.1, 0.15) is 18.4 Å². The number of carbonyl (C=O) groups is 4. The number of carboxylic acid groups (broad SMARTS) is 1. The van der Waals surface area contributed by atoms with Crippen molar-refractivity contribution in [1.29, 1.82) is 5.41 Å². The SMILES string of the molecule is Cl.Cn1c(=O)c(C(=O)c2ccc(C(=N)N)cc2)nc2cc(C3(C(=O)N4CCCC4C(=O)NCC(=O)O)CC3)ccc21. The number of halogens is 1. The molecule has 2 aliphatic rings. The zero-order chi connectivity index (χ0) is 28.8. The number of hydrogen-bond donors (Lipinski definition) is 4. The molecule has 13 heteroatoms. The van der Waals surface area contributed by atoms with Gasteiger partial charge in [-0.2, -0.15) is 0 Å². The summed E-state index contributed by atoms with van der Waals surface area (Å²) in [6.07, 6.45) is 2.22. The first-order valence-electron chi connectivity index (χ1n) is 12.8. The average molecular weight is 581 g/mol. The number of nitrogens with two attached hydrogens (primary N) is 1. The predicted octanol–water partition coefficient (Wildman–Crippen LogP) is 1.09. The minimum absolute atomic E-state index is 0.